The van der Waals surface area contributed by atoms with Crippen LogP contribution in [0.3, 0.4) is 0 Å². The Morgan fingerprint density at radius 3 is 2.07 bits per heavy atom. The quantitative estimate of drug-likeness (QED) is 0.111. The summed E-state index contributed by atoms with van der Waals surface area (Å²) in [6.07, 6.45) is 2.77. The Balaban J connectivity index is 0. The van der Waals surface area contributed by atoms with Gasteiger partial charge in [0.1, 0.15) is 12.7 Å². The number of ether oxygens (including phenoxy) is 3. The summed E-state index contributed by atoms with van der Waals surface area (Å²) in [5, 5.41) is 12.3. The number of hydrogen-bond donors (Lipinski definition) is 2. The van der Waals surface area contributed by atoms with E-state index in [4.69, 9.17) is 25.2 Å². The number of oxime groups is 1. The van der Waals surface area contributed by atoms with Crippen LogP contribution in [-0.4, -0.2) is 59.4 Å². The normalized spacial score (nSPS) is 13.3. The lowest BCUT2D eigenvalue weighted by Gasteiger charge is -2.27. The minimum atomic E-state index is -0.782. The van der Waals surface area contributed by atoms with E-state index in [2.05, 4.69) is 5.16 Å². The fourth-order valence-corrected chi connectivity index (χ4v) is 2.26. The van der Waals surface area contributed by atoms with Gasteiger partial charge in [-0.15, -0.1) is 0 Å². The molecule has 0 saturated carbocycles. The molecule has 2 atom stereocenters. The number of esters is 2. The zero-order valence-electron chi connectivity index (χ0n) is 16.2. The molecule has 27 heavy (non-hydrogen) atoms. The van der Waals surface area contributed by atoms with Gasteiger partial charge < -0.3 is 25.2 Å². The van der Waals surface area contributed by atoms with Crippen molar-refractivity contribution in [2.45, 2.75) is 84.3 Å². The second kappa shape index (κ2) is 17.8. The lowest BCUT2D eigenvalue weighted by atomic mass is 10.1. The number of carbonyl (C=O) groups excluding carboxylic acids is 2. The van der Waals surface area contributed by atoms with Crippen LogP contribution in [0.15, 0.2) is 5.16 Å². The fourth-order valence-electron chi connectivity index (χ4n) is 2.26. The summed E-state index contributed by atoms with van der Waals surface area (Å²) < 4.78 is 16.5. The molecule has 0 radical (unpaired) electrons. The summed E-state index contributed by atoms with van der Waals surface area (Å²) in [7, 11) is 0. The van der Waals surface area contributed by atoms with Crippen LogP contribution >= 0.6 is 0 Å². The molecule has 160 valence electrons. The minimum Gasteiger partial charge on any atom is -0.471 e. The van der Waals surface area contributed by atoms with Crippen LogP contribution in [0, 0.1) is 0 Å². The van der Waals surface area contributed by atoms with Gasteiger partial charge in [0.05, 0.1) is 0 Å². The van der Waals surface area contributed by atoms with Crippen molar-refractivity contribution in [1.82, 2.24) is 0 Å². The van der Waals surface area contributed by atoms with E-state index >= 15 is 0 Å². The standard InChI is InChI=1S/C18H34N2O6.H4Si/c1-4-8-16(20-23)25-14(11-7-12-19)15(26-18(22)10-6-3)13-24-17(21)9-5-2;/h14-15,23H,4-13,19H2,1-3H3;1H4. The van der Waals surface area contributed by atoms with Crippen molar-refractivity contribution >= 4 is 28.8 Å². The van der Waals surface area contributed by atoms with E-state index in [-0.39, 0.29) is 41.8 Å². The van der Waals surface area contributed by atoms with Crippen LogP contribution < -0.4 is 5.73 Å². The predicted octanol–water partition coefficient (Wildman–Crippen LogP) is 1.30. The molecule has 0 bridgehead atoms. The van der Waals surface area contributed by atoms with Crippen LogP contribution in [0.4, 0.5) is 0 Å². The van der Waals surface area contributed by atoms with Crippen LogP contribution in [0.5, 0.6) is 0 Å². The van der Waals surface area contributed by atoms with Gasteiger partial charge in [-0.1, -0.05) is 25.9 Å². The smallest absolute Gasteiger partial charge is 0.306 e. The van der Waals surface area contributed by atoms with Crippen molar-refractivity contribution < 1.29 is 29.0 Å². The molecule has 2 unspecified atom stereocenters. The highest BCUT2D eigenvalue weighted by Gasteiger charge is 2.29. The molecule has 0 aromatic carbocycles. The highest BCUT2D eigenvalue weighted by Crippen LogP contribution is 2.15. The van der Waals surface area contributed by atoms with Gasteiger partial charge in [-0.2, -0.15) is 0 Å². The summed E-state index contributed by atoms with van der Waals surface area (Å²) in [6, 6.07) is 0. The summed E-state index contributed by atoms with van der Waals surface area (Å²) in [6.45, 7) is 6.01. The molecule has 0 aromatic heterocycles. The molecule has 0 spiro atoms. The largest absolute Gasteiger partial charge is 0.471 e. The van der Waals surface area contributed by atoms with Gasteiger partial charge in [0.15, 0.2) is 6.10 Å². The molecular weight excluding hydrogens is 368 g/mol. The van der Waals surface area contributed by atoms with Gasteiger partial charge >= 0.3 is 11.9 Å². The fraction of sp³-hybridized carbons (Fsp3) is 0.833. The first-order valence-corrected chi connectivity index (χ1v) is 9.44. The monoisotopic (exact) mass is 406 g/mol. The number of carbonyl (C=O) groups is 2. The van der Waals surface area contributed by atoms with Gasteiger partial charge in [0.2, 0.25) is 5.90 Å². The third-order valence-electron chi connectivity index (χ3n) is 3.57. The van der Waals surface area contributed by atoms with Crippen molar-refractivity contribution in [3.05, 3.63) is 0 Å². The van der Waals surface area contributed by atoms with E-state index in [1.165, 1.54) is 0 Å². The highest BCUT2D eigenvalue weighted by molar-refractivity contribution is 5.76. The number of rotatable bonds is 14. The molecule has 0 saturated heterocycles. The van der Waals surface area contributed by atoms with Crippen molar-refractivity contribution in [2.24, 2.45) is 10.9 Å². The van der Waals surface area contributed by atoms with E-state index in [1.807, 2.05) is 20.8 Å². The Hall–Kier alpha value is -1.61. The van der Waals surface area contributed by atoms with Crippen molar-refractivity contribution in [1.29, 1.82) is 0 Å². The van der Waals surface area contributed by atoms with E-state index in [0.717, 1.165) is 6.42 Å². The molecule has 0 aromatic rings. The Bertz CT molecular complexity index is 434. The third-order valence-corrected chi connectivity index (χ3v) is 3.57. The lowest BCUT2D eigenvalue weighted by molar-refractivity contribution is -0.166. The number of nitrogens with zero attached hydrogens (tertiary/aromatic N) is 1. The Morgan fingerprint density at radius 2 is 1.56 bits per heavy atom. The zero-order valence-corrected chi connectivity index (χ0v) is 16.2. The maximum Gasteiger partial charge on any atom is 0.306 e. The van der Waals surface area contributed by atoms with E-state index < -0.39 is 12.2 Å². The second-order valence-electron chi connectivity index (χ2n) is 6.04. The molecule has 0 aliphatic rings. The first-order valence-electron chi connectivity index (χ1n) is 9.44. The average molecular weight is 407 g/mol. The summed E-state index contributed by atoms with van der Waals surface area (Å²) in [5.41, 5.74) is 5.58. The van der Waals surface area contributed by atoms with Gasteiger partial charge in [-0.25, -0.2) is 0 Å². The molecule has 0 rings (SSSR count). The van der Waals surface area contributed by atoms with Gasteiger partial charge in [-0.05, 0) is 49.6 Å². The minimum absolute atomic E-state index is 0. The van der Waals surface area contributed by atoms with Crippen LogP contribution in [0.1, 0.15) is 72.1 Å². The molecule has 9 heteroatoms. The van der Waals surface area contributed by atoms with Gasteiger partial charge in [0.25, 0.3) is 0 Å². The van der Waals surface area contributed by atoms with Crippen molar-refractivity contribution in [3.8, 4) is 0 Å². The lowest BCUT2D eigenvalue weighted by Crippen LogP contribution is -2.39. The molecule has 8 nitrogen and oxygen atoms in total. The number of hydrogen-bond acceptors (Lipinski definition) is 8. The molecule has 0 aliphatic heterocycles. The molecule has 3 N–H and O–H groups in total. The topological polar surface area (TPSA) is 120 Å². The maximum atomic E-state index is 12.0. The summed E-state index contributed by atoms with van der Waals surface area (Å²) in [5.74, 6) is -0.583. The van der Waals surface area contributed by atoms with Crippen LogP contribution in [-0.2, 0) is 23.8 Å². The van der Waals surface area contributed by atoms with E-state index in [9.17, 15) is 9.59 Å². The van der Waals surface area contributed by atoms with Gasteiger partial charge in [0, 0.05) is 19.3 Å². The summed E-state index contributed by atoms with van der Waals surface area (Å²) >= 11 is 0. The second-order valence-corrected chi connectivity index (χ2v) is 6.04. The highest BCUT2D eigenvalue weighted by atomic mass is 28.1. The third kappa shape index (κ3) is 13.2. The Morgan fingerprint density at radius 1 is 0.963 bits per heavy atom. The molecule has 0 amide bonds. The molecule has 0 heterocycles. The SMILES string of the molecule is CCCC(=O)OCC(OC(=O)CCC)C(CCCN)OC(CCC)=NO.[SiH4]. The first kappa shape index (κ1) is 27.6. The Labute approximate surface area is 166 Å². The summed E-state index contributed by atoms with van der Waals surface area (Å²) in [4.78, 5) is 23.6. The van der Waals surface area contributed by atoms with E-state index in [0.29, 0.717) is 45.1 Å². The van der Waals surface area contributed by atoms with Crippen molar-refractivity contribution in [3.63, 3.8) is 0 Å². The predicted molar refractivity (Wildman–Crippen MR) is 109 cm³/mol. The molecular formula is C18H38N2O6Si. The molecule has 0 aliphatic carbocycles. The molecule has 0 fully saturated rings. The Kier molecular flexibility index (Phi) is 18.2. The number of nitrogens with two attached hydrogens (primary N) is 1. The van der Waals surface area contributed by atoms with E-state index in [1.54, 1.807) is 0 Å². The zero-order chi connectivity index (χ0) is 19.8. The first-order chi connectivity index (χ1) is 12.5. The van der Waals surface area contributed by atoms with Crippen LogP contribution in [0.25, 0.3) is 0 Å². The van der Waals surface area contributed by atoms with Crippen LogP contribution in [0.2, 0.25) is 0 Å². The average Bonchev–Trinajstić information content (AvgIpc) is 2.61. The van der Waals surface area contributed by atoms with Gasteiger partial charge in [-0.3, -0.25) is 9.59 Å². The van der Waals surface area contributed by atoms with Crippen molar-refractivity contribution in [2.75, 3.05) is 13.2 Å². The maximum absolute atomic E-state index is 12.0.